The van der Waals surface area contributed by atoms with E-state index in [-0.39, 0.29) is 5.69 Å². The first-order valence-corrected chi connectivity index (χ1v) is 10.7. The standard InChI is InChI=1S/C25H25FN8O/c1-5-23(35)29-16-10-11-20(26)21(12-16)31-24-19(18-8-6-7-9-22(18)33(2)3)14-27-25(32-24)30-17-13-28-34(4)15-17/h5-15H,1H2,2-4H3,(H,29,35)(H2,27,30,31,32). The molecule has 0 unspecified atom stereocenters. The maximum Gasteiger partial charge on any atom is 0.247 e. The van der Waals surface area contributed by atoms with Crippen LogP contribution < -0.4 is 20.9 Å². The van der Waals surface area contributed by atoms with E-state index < -0.39 is 11.7 Å². The van der Waals surface area contributed by atoms with E-state index in [1.54, 1.807) is 30.3 Å². The number of nitrogens with one attached hydrogen (secondary N) is 3. The van der Waals surface area contributed by atoms with Gasteiger partial charge in [0.05, 0.1) is 17.6 Å². The molecule has 0 radical (unpaired) electrons. The number of benzene rings is 2. The van der Waals surface area contributed by atoms with Gasteiger partial charge in [-0.3, -0.25) is 9.48 Å². The second-order valence-corrected chi connectivity index (χ2v) is 7.91. The van der Waals surface area contributed by atoms with Gasteiger partial charge in [-0.15, -0.1) is 0 Å². The lowest BCUT2D eigenvalue weighted by Crippen LogP contribution is -2.11. The maximum atomic E-state index is 14.8. The summed E-state index contributed by atoms with van der Waals surface area (Å²) in [6.45, 7) is 3.44. The van der Waals surface area contributed by atoms with Gasteiger partial charge in [-0.25, -0.2) is 9.37 Å². The average molecular weight is 473 g/mol. The number of halogens is 1. The maximum absolute atomic E-state index is 14.8. The van der Waals surface area contributed by atoms with Crippen molar-refractivity contribution < 1.29 is 9.18 Å². The Hall–Kier alpha value is -4.73. The van der Waals surface area contributed by atoms with E-state index in [1.165, 1.54) is 18.2 Å². The Kier molecular flexibility index (Phi) is 6.72. The van der Waals surface area contributed by atoms with E-state index in [0.717, 1.165) is 17.3 Å². The number of aryl methyl sites for hydroxylation is 1. The van der Waals surface area contributed by atoms with E-state index in [2.05, 4.69) is 37.6 Å². The number of rotatable bonds is 8. The Morgan fingerprint density at radius 3 is 2.60 bits per heavy atom. The molecule has 0 fully saturated rings. The highest BCUT2D eigenvalue weighted by atomic mass is 19.1. The van der Waals surface area contributed by atoms with Crippen LogP contribution in [-0.2, 0) is 11.8 Å². The van der Waals surface area contributed by atoms with Gasteiger partial charge in [-0.1, -0.05) is 24.8 Å². The molecular weight excluding hydrogens is 447 g/mol. The van der Waals surface area contributed by atoms with Crippen molar-refractivity contribution in [2.75, 3.05) is 34.9 Å². The number of hydrogen-bond donors (Lipinski definition) is 3. The molecule has 10 heteroatoms. The summed E-state index contributed by atoms with van der Waals surface area (Å²) < 4.78 is 16.4. The fourth-order valence-corrected chi connectivity index (χ4v) is 3.46. The molecular formula is C25H25FN8O. The second kappa shape index (κ2) is 10.0. The molecule has 0 bridgehead atoms. The van der Waals surface area contributed by atoms with Crippen molar-refractivity contribution in [1.82, 2.24) is 19.7 Å². The summed E-state index contributed by atoms with van der Waals surface area (Å²) in [6, 6.07) is 12.0. The summed E-state index contributed by atoms with van der Waals surface area (Å²) in [5, 5.41) is 13.0. The van der Waals surface area contributed by atoms with Crippen LogP contribution in [0, 0.1) is 5.82 Å². The van der Waals surface area contributed by atoms with Crippen LogP contribution in [0.25, 0.3) is 11.1 Å². The van der Waals surface area contributed by atoms with Crippen molar-refractivity contribution in [2.45, 2.75) is 0 Å². The summed E-state index contributed by atoms with van der Waals surface area (Å²) in [4.78, 5) is 22.8. The predicted molar refractivity (Wildman–Crippen MR) is 137 cm³/mol. The van der Waals surface area contributed by atoms with Crippen LogP contribution in [0.15, 0.2) is 73.7 Å². The molecule has 0 spiro atoms. The summed E-state index contributed by atoms with van der Waals surface area (Å²) in [5.41, 5.74) is 3.74. The number of hydrogen-bond acceptors (Lipinski definition) is 7. The summed E-state index contributed by atoms with van der Waals surface area (Å²) >= 11 is 0. The normalized spacial score (nSPS) is 10.5. The summed E-state index contributed by atoms with van der Waals surface area (Å²) in [6.07, 6.45) is 6.26. The van der Waals surface area contributed by atoms with Gasteiger partial charge in [0, 0.05) is 56.0 Å². The Bertz CT molecular complexity index is 1380. The molecule has 35 heavy (non-hydrogen) atoms. The zero-order valence-corrected chi connectivity index (χ0v) is 19.6. The highest BCUT2D eigenvalue weighted by Gasteiger charge is 2.16. The fourth-order valence-electron chi connectivity index (χ4n) is 3.46. The van der Waals surface area contributed by atoms with Crippen LogP contribution in [0.3, 0.4) is 0 Å². The van der Waals surface area contributed by atoms with E-state index in [9.17, 15) is 9.18 Å². The number of aromatic nitrogens is 4. The van der Waals surface area contributed by atoms with Crippen molar-refractivity contribution in [3.05, 3.63) is 79.5 Å². The van der Waals surface area contributed by atoms with Crippen molar-refractivity contribution in [2.24, 2.45) is 7.05 Å². The predicted octanol–water partition coefficient (Wildman–Crippen LogP) is 4.69. The van der Waals surface area contributed by atoms with Crippen LogP contribution in [-0.4, -0.2) is 39.8 Å². The van der Waals surface area contributed by atoms with Gasteiger partial charge in [0.1, 0.15) is 11.6 Å². The van der Waals surface area contributed by atoms with Gasteiger partial charge in [0.15, 0.2) is 0 Å². The summed E-state index contributed by atoms with van der Waals surface area (Å²) in [7, 11) is 5.69. The Balaban J connectivity index is 1.78. The molecule has 4 rings (SSSR count). The molecule has 4 aromatic rings. The molecule has 3 N–H and O–H groups in total. The van der Waals surface area contributed by atoms with Crippen LogP contribution >= 0.6 is 0 Å². The Labute approximate surface area is 202 Å². The molecule has 0 saturated heterocycles. The third-order valence-corrected chi connectivity index (χ3v) is 5.10. The second-order valence-electron chi connectivity index (χ2n) is 7.91. The average Bonchev–Trinajstić information content (AvgIpc) is 3.25. The minimum absolute atomic E-state index is 0.140. The minimum Gasteiger partial charge on any atom is -0.377 e. The first-order valence-electron chi connectivity index (χ1n) is 10.7. The Morgan fingerprint density at radius 2 is 1.89 bits per heavy atom. The smallest absolute Gasteiger partial charge is 0.247 e. The van der Waals surface area contributed by atoms with Gasteiger partial charge in [-0.05, 0) is 30.3 Å². The number of amides is 1. The van der Waals surface area contributed by atoms with Crippen molar-refractivity contribution in [1.29, 1.82) is 0 Å². The lowest BCUT2D eigenvalue weighted by Gasteiger charge is -2.20. The molecule has 2 aromatic carbocycles. The molecule has 0 aliphatic rings. The van der Waals surface area contributed by atoms with E-state index in [4.69, 9.17) is 0 Å². The van der Waals surface area contributed by atoms with E-state index in [1.807, 2.05) is 43.3 Å². The molecule has 0 aliphatic carbocycles. The quantitative estimate of drug-likeness (QED) is 0.320. The van der Waals surface area contributed by atoms with Gasteiger partial charge in [0.2, 0.25) is 11.9 Å². The number of carbonyl (C=O) groups is 1. The lowest BCUT2D eigenvalue weighted by molar-refractivity contribution is -0.111. The third kappa shape index (κ3) is 5.44. The highest BCUT2D eigenvalue weighted by molar-refractivity contribution is 5.99. The van der Waals surface area contributed by atoms with Crippen LogP contribution in [0.2, 0.25) is 0 Å². The molecule has 2 heterocycles. The SMILES string of the molecule is C=CC(=O)Nc1ccc(F)c(Nc2nc(Nc3cnn(C)c3)ncc2-c2ccccc2N(C)C)c1. The molecule has 0 saturated carbocycles. The van der Waals surface area contributed by atoms with Gasteiger partial charge >= 0.3 is 0 Å². The first-order chi connectivity index (χ1) is 16.8. The van der Waals surface area contributed by atoms with Crippen LogP contribution in [0.4, 0.5) is 38.9 Å². The van der Waals surface area contributed by atoms with Gasteiger partial charge < -0.3 is 20.9 Å². The molecule has 0 atom stereocenters. The zero-order chi connectivity index (χ0) is 24.9. The molecule has 1 amide bonds. The minimum atomic E-state index is -0.506. The molecule has 178 valence electrons. The number of anilines is 6. The topological polar surface area (TPSA) is 100 Å². The van der Waals surface area contributed by atoms with Crippen molar-refractivity contribution in [3.63, 3.8) is 0 Å². The molecule has 9 nitrogen and oxygen atoms in total. The van der Waals surface area contributed by atoms with E-state index >= 15 is 0 Å². The number of nitrogens with zero attached hydrogens (tertiary/aromatic N) is 5. The fraction of sp³-hybridized carbons (Fsp3) is 0.120. The zero-order valence-electron chi connectivity index (χ0n) is 19.6. The summed E-state index contributed by atoms with van der Waals surface area (Å²) in [5.74, 6) is -0.211. The van der Waals surface area contributed by atoms with Crippen molar-refractivity contribution in [3.8, 4) is 11.1 Å². The molecule has 2 aromatic heterocycles. The third-order valence-electron chi connectivity index (χ3n) is 5.10. The lowest BCUT2D eigenvalue weighted by atomic mass is 10.0. The number of para-hydroxylation sites is 1. The van der Waals surface area contributed by atoms with Crippen molar-refractivity contribution >= 4 is 40.4 Å². The van der Waals surface area contributed by atoms with Gasteiger partial charge in [-0.2, -0.15) is 10.1 Å². The van der Waals surface area contributed by atoms with Gasteiger partial charge in [0.25, 0.3) is 0 Å². The van der Waals surface area contributed by atoms with Crippen LogP contribution in [0.5, 0.6) is 0 Å². The molecule has 0 aliphatic heterocycles. The monoisotopic (exact) mass is 472 g/mol. The van der Waals surface area contributed by atoms with E-state index in [0.29, 0.717) is 28.7 Å². The number of carbonyl (C=O) groups excluding carboxylic acids is 1. The Morgan fingerprint density at radius 1 is 1.09 bits per heavy atom. The first kappa shape index (κ1) is 23.4. The highest BCUT2D eigenvalue weighted by Crippen LogP contribution is 2.36. The largest absolute Gasteiger partial charge is 0.377 e. The van der Waals surface area contributed by atoms with Crippen LogP contribution in [0.1, 0.15) is 0 Å².